The average Bonchev–Trinajstić information content (AvgIpc) is 3.26. The summed E-state index contributed by atoms with van der Waals surface area (Å²) in [4.78, 5) is 53.2. The maximum absolute atomic E-state index is 12.9. The van der Waals surface area contributed by atoms with Crippen molar-refractivity contribution < 1.29 is 29.4 Å². The number of aromatic amines is 1. The molecule has 4 unspecified atom stereocenters. The summed E-state index contributed by atoms with van der Waals surface area (Å²) < 4.78 is 0. The van der Waals surface area contributed by atoms with Gasteiger partial charge in [0.25, 0.3) is 0 Å². The number of hydrogen-bond acceptors (Lipinski definition) is 7. The number of para-hydroxylation sites is 1. The van der Waals surface area contributed by atoms with Crippen molar-refractivity contribution in [3.63, 3.8) is 0 Å². The normalized spacial score (nSPS) is 14.5. The predicted octanol–water partition coefficient (Wildman–Crippen LogP) is 0.368. The van der Waals surface area contributed by atoms with E-state index >= 15 is 0 Å². The number of carbonyl (C=O) groups excluding carboxylic acids is 3. The van der Waals surface area contributed by atoms with Gasteiger partial charge in [-0.05, 0) is 42.4 Å². The van der Waals surface area contributed by atoms with E-state index in [1.165, 1.54) is 11.8 Å². The summed E-state index contributed by atoms with van der Waals surface area (Å²) in [7, 11) is 0. The number of thioether (sulfide) groups is 1. The van der Waals surface area contributed by atoms with Crippen LogP contribution in [-0.4, -0.2) is 81.7 Å². The lowest BCUT2D eigenvalue weighted by molar-refractivity contribution is -0.142. The number of carboxylic acid groups (broad SMARTS) is 1. The molecule has 8 N–H and O–H groups in total. The van der Waals surface area contributed by atoms with E-state index in [0.717, 1.165) is 10.9 Å². The van der Waals surface area contributed by atoms with Crippen LogP contribution in [0.2, 0.25) is 0 Å². The Morgan fingerprint density at radius 1 is 1.00 bits per heavy atom. The van der Waals surface area contributed by atoms with Crippen molar-refractivity contribution in [3.8, 4) is 0 Å². The molecule has 3 amide bonds. The average molecular weight is 536 g/mol. The van der Waals surface area contributed by atoms with E-state index < -0.39 is 54.5 Å². The highest BCUT2D eigenvalue weighted by molar-refractivity contribution is 7.98. The second-order valence-electron chi connectivity index (χ2n) is 9.29. The number of carbonyl (C=O) groups is 4. The van der Waals surface area contributed by atoms with Gasteiger partial charge in [-0.3, -0.25) is 14.4 Å². The zero-order valence-corrected chi connectivity index (χ0v) is 22.1. The minimum Gasteiger partial charge on any atom is -0.480 e. The molecular formula is C25H37N5O6S. The van der Waals surface area contributed by atoms with Gasteiger partial charge in [0.1, 0.15) is 18.1 Å². The van der Waals surface area contributed by atoms with Crippen LogP contribution in [0.25, 0.3) is 10.9 Å². The number of H-pyrrole nitrogens is 1. The molecule has 1 aromatic heterocycles. The zero-order valence-electron chi connectivity index (χ0n) is 21.3. The van der Waals surface area contributed by atoms with Crippen molar-refractivity contribution in [2.75, 3.05) is 18.6 Å². The monoisotopic (exact) mass is 535 g/mol. The van der Waals surface area contributed by atoms with E-state index in [0.29, 0.717) is 17.7 Å². The first-order chi connectivity index (χ1) is 17.6. The van der Waals surface area contributed by atoms with Gasteiger partial charge in [-0.2, -0.15) is 11.8 Å². The Labute approximate surface area is 220 Å². The number of aliphatic hydroxyl groups excluding tert-OH is 1. The van der Waals surface area contributed by atoms with Crippen LogP contribution in [-0.2, 0) is 25.6 Å². The summed E-state index contributed by atoms with van der Waals surface area (Å²) >= 11 is 1.48. The Bertz CT molecular complexity index is 1070. The number of aliphatic hydroxyl groups is 1. The lowest BCUT2D eigenvalue weighted by Crippen LogP contribution is -2.58. The van der Waals surface area contributed by atoms with Crippen molar-refractivity contribution in [3.05, 3.63) is 36.0 Å². The number of carboxylic acids is 1. The van der Waals surface area contributed by atoms with E-state index in [2.05, 4.69) is 20.9 Å². The van der Waals surface area contributed by atoms with Crippen LogP contribution in [0.5, 0.6) is 0 Å². The van der Waals surface area contributed by atoms with Gasteiger partial charge < -0.3 is 36.9 Å². The molecule has 37 heavy (non-hydrogen) atoms. The molecule has 0 aliphatic heterocycles. The van der Waals surface area contributed by atoms with Gasteiger partial charge in [-0.1, -0.05) is 32.0 Å². The minimum absolute atomic E-state index is 0.00265. The number of fused-ring (bicyclic) bond motifs is 1. The van der Waals surface area contributed by atoms with Crippen LogP contribution in [0, 0.1) is 5.92 Å². The molecule has 0 radical (unpaired) electrons. The number of aromatic nitrogens is 1. The first-order valence-corrected chi connectivity index (χ1v) is 13.5. The number of amides is 3. The number of rotatable bonds is 15. The summed E-state index contributed by atoms with van der Waals surface area (Å²) in [6.07, 6.45) is 4.26. The van der Waals surface area contributed by atoms with Crippen LogP contribution in [0.4, 0.5) is 0 Å². The van der Waals surface area contributed by atoms with Gasteiger partial charge in [0.2, 0.25) is 17.7 Å². The first-order valence-electron chi connectivity index (χ1n) is 12.1. The van der Waals surface area contributed by atoms with Crippen LogP contribution in [0.15, 0.2) is 30.5 Å². The fourth-order valence-electron chi connectivity index (χ4n) is 3.86. The van der Waals surface area contributed by atoms with Crippen LogP contribution >= 0.6 is 11.8 Å². The third kappa shape index (κ3) is 9.06. The van der Waals surface area contributed by atoms with Gasteiger partial charge in [0.05, 0.1) is 12.6 Å². The molecule has 0 fully saturated rings. The Hall–Kier alpha value is -3.09. The minimum atomic E-state index is -1.41. The number of aliphatic carboxylic acids is 1. The molecule has 0 aliphatic rings. The number of hydrogen-bond donors (Lipinski definition) is 7. The molecule has 204 valence electrons. The molecule has 1 aromatic carbocycles. The summed E-state index contributed by atoms with van der Waals surface area (Å²) in [5.41, 5.74) is 7.47. The summed E-state index contributed by atoms with van der Waals surface area (Å²) in [6.45, 7) is 3.10. The summed E-state index contributed by atoms with van der Waals surface area (Å²) in [5.74, 6) is -2.52. The fraction of sp³-hybridized carbons (Fsp3) is 0.520. The zero-order chi connectivity index (χ0) is 27.5. The highest BCUT2D eigenvalue weighted by Crippen LogP contribution is 2.19. The molecule has 2 aromatic rings. The van der Waals surface area contributed by atoms with Crippen LogP contribution < -0.4 is 21.7 Å². The Kier molecular flexibility index (Phi) is 11.9. The third-order valence-electron chi connectivity index (χ3n) is 5.83. The van der Waals surface area contributed by atoms with E-state index in [4.69, 9.17) is 5.73 Å². The number of nitrogens with one attached hydrogen (secondary N) is 4. The molecular weight excluding hydrogens is 498 g/mol. The molecule has 1 heterocycles. The van der Waals surface area contributed by atoms with Gasteiger partial charge in [-0.25, -0.2) is 4.79 Å². The quantitative estimate of drug-likeness (QED) is 0.170. The van der Waals surface area contributed by atoms with Gasteiger partial charge in [0.15, 0.2) is 0 Å². The van der Waals surface area contributed by atoms with Crippen molar-refractivity contribution >= 4 is 46.4 Å². The molecule has 0 spiro atoms. The molecule has 0 aliphatic carbocycles. The molecule has 2 rings (SSSR count). The van der Waals surface area contributed by atoms with Gasteiger partial charge >= 0.3 is 5.97 Å². The molecule has 0 bridgehead atoms. The summed E-state index contributed by atoms with van der Waals surface area (Å²) in [5, 5.41) is 27.8. The molecule has 0 saturated carbocycles. The Morgan fingerprint density at radius 3 is 2.24 bits per heavy atom. The first kappa shape index (κ1) is 30.1. The second kappa shape index (κ2) is 14.6. The highest BCUT2D eigenvalue weighted by atomic mass is 32.2. The van der Waals surface area contributed by atoms with Crippen molar-refractivity contribution in [1.29, 1.82) is 0 Å². The lowest BCUT2D eigenvalue weighted by atomic mass is 10.0. The highest BCUT2D eigenvalue weighted by Gasteiger charge is 2.30. The fourth-order valence-corrected chi connectivity index (χ4v) is 4.33. The molecule has 0 saturated heterocycles. The molecule has 4 atom stereocenters. The number of nitrogens with two attached hydrogens (primary N) is 1. The predicted molar refractivity (Wildman–Crippen MR) is 143 cm³/mol. The maximum atomic E-state index is 12.9. The Balaban J connectivity index is 2.07. The van der Waals surface area contributed by atoms with E-state index in [9.17, 15) is 29.4 Å². The third-order valence-corrected chi connectivity index (χ3v) is 6.48. The van der Waals surface area contributed by atoms with E-state index in [1.807, 2.05) is 44.4 Å². The second-order valence-corrected chi connectivity index (χ2v) is 10.3. The topological polar surface area (TPSA) is 187 Å². The van der Waals surface area contributed by atoms with Crippen LogP contribution in [0.1, 0.15) is 32.3 Å². The van der Waals surface area contributed by atoms with Crippen molar-refractivity contribution in [2.24, 2.45) is 11.7 Å². The largest absolute Gasteiger partial charge is 0.480 e. The van der Waals surface area contributed by atoms with E-state index in [-0.39, 0.29) is 18.8 Å². The van der Waals surface area contributed by atoms with Crippen molar-refractivity contribution in [2.45, 2.75) is 57.3 Å². The lowest BCUT2D eigenvalue weighted by Gasteiger charge is -2.24. The van der Waals surface area contributed by atoms with Gasteiger partial charge in [0, 0.05) is 23.5 Å². The van der Waals surface area contributed by atoms with Crippen LogP contribution in [0.3, 0.4) is 0 Å². The van der Waals surface area contributed by atoms with Gasteiger partial charge in [-0.15, -0.1) is 0 Å². The standard InChI is InChI=1S/C25H37N5O6S/c1-14(2)10-17(26)22(32)28-19(8-9-37-3)23(33)30-21(13-31)24(34)29-20(25(35)36)11-15-12-27-18-7-5-4-6-16(15)18/h4-7,12,14,17,19-21,27,31H,8-11,13,26H2,1-3H3,(H,28,32)(H,29,34)(H,30,33)(H,35,36). The Morgan fingerprint density at radius 2 is 1.62 bits per heavy atom. The molecule has 11 nitrogen and oxygen atoms in total. The van der Waals surface area contributed by atoms with E-state index in [1.54, 1.807) is 6.20 Å². The van der Waals surface area contributed by atoms with Crippen molar-refractivity contribution in [1.82, 2.24) is 20.9 Å². The number of benzene rings is 1. The molecule has 12 heteroatoms. The summed E-state index contributed by atoms with van der Waals surface area (Å²) in [6, 6.07) is 2.91. The maximum Gasteiger partial charge on any atom is 0.326 e. The SMILES string of the molecule is CSCCC(NC(=O)C(N)CC(C)C)C(=O)NC(CO)C(=O)NC(Cc1c[nH]c2ccccc12)C(=O)O. The smallest absolute Gasteiger partial charge is 0.326 e.